The third kappa shape index (κ3) is 3.06. The molecular formula is C12H19NO2. The molecule has 0 bridgehead atoms. The maximum absolute atomic E-state index is 10.6. The molecule has 15 heavy (non-hydrogen) atoms. The van der Waals surface area contributed by atoms with Crippen molar-refractivity contribution in [3.8, 4) is 0 Å². The summed E-state index contributed by atoms with van der Waals surface area (Å²) in [6.07, 6.45) is 9.08. The van der Waals surface area contributed by atoms with Crippen molar-refractivity contribution in [3.63, 3.8) is 0 Å². The molecule has 2 rings (SSSR count). The predicted octanol–water partition coefficient (Wildman–Crippen LogP) is 1.75. The SMILES string of the molecule is O=C(O)[C@@H]1C[C@@H]1/C=C/CN1CCCCC1. The van der Waals surface area contributed by atoms with Crippen molar-refractivity contribution in [2.45, 2.75) is 25.7 Å². The number of hydrogen-bond donors (Lipinski definition) is 1. The molecule has 0 aromatic carbocycles. The van der Waals surface area contributed by atoms with Gasteiger partial charge < -0.3 is 5.11 Å². The molecule has 1 aliphatic heterocycles. The van der Waals surface area contributed by atoms with Gasteiger partial charge in [0, 0.05) is 6.54 Å². The van der Waals surface area contributed by atoms with Crippen LogP contribution in [0.25, 0.3) is 0 Å². The monoisotopic (exact) mass is 209 g/mol. The zero-order valence-electron chi connectivity index (χ0n) is 9.06. The lowest BCUT2D eigenvalue weighted by molar-refractivity contribution is -0.138. The van der Waals surface area contributed by atoms with E-state index in [0.29, 0.717) is 5.92 Å². The zero-order valence-corrected chi connectivity index (χ0v) is 9.06. The van der Waals surface area contributed by atoms with Gasteiger partial charge in [0.1, 0.15) is 0 Å². The van der Waals surface area contributed by atoms with E-state index in [-0.39, 0.29) is 5.92 Å². The Balaban J connectivity index is 1.65. The molecule has 1 saturated carbocycles. The molecule has 0 spiro atoms. The molecule has 2 aliphatic rings. The molecule has 0 unspecified atom stereocenters. The molecule has 3 nitrogen and oxygen atoms in total. The highest BCUT2D eigenvalue weighted by molar-refractivity contribution is 5.73. The molecule has 84 valence electrons. The summed E-state index contributed by atoms with van der Waals surface area (Å²) in [7, 11) is 0. The molecule has 2 atom stereocenters. The van der Waals surface area contributed by atoms with Gasteiger partial charge in [0.05, 0.1) is 5.92 Å². The third-order valence-corrected chi connectivity index (χ3v) is 3.35. The minimum absolute atomic E-state index is 0.0948. The lowest BCUT2D eigenvalue weighted by Crippen LogP contribution is -2.29. The maximum atomic E-state index is 10.6. The minimum atomic E-state index is -0.636. The average molecular weight is 209 g/mol. The predicted molar refractivity (Wildman–Crippen MR) is 58.7 cm³/mol. The van der Waals surface area contributed by atoms with E-state index in [1.807, 2.05) is 0 Å². The molecule has 3 heteroatoms. The van der Waals surface area contributed by atoms with Gasteiger partial charge in [0.25, 0.3) is 0 Å². The summed E-state index contributed by atoms with van der Waals surface area (Å²) < 4.78 is 0. The van der Waals surface area contributed by atoms with Crippen molar-refractivity contribution < 1.29 is 9.90 Å². The third-order valence-electron chi connectivity index (χ3n) is 3.35. The Bertz CT molecular complexity index is 256. The van der Waals surface area contributed by atoms with Crippen LogP contribution >= 0.6 is 0 Å². The van der Waals surface area contributed by atoms with Crippen LogP contribution in [0, 0.1) is 11.8 Å². The minimum Gasteiger partial charge on any atom is -0.481 e. The number of likely N-dealkylation sites (tertiary alicyclic amines) is 1. The van der Waals surface area contributed by atoms with Crippen LogP contribution in [0.15, 0.2) is 12.2 Å². The molecule has 0 aromatic rings. The van der Waals surface area contributed by atoms with Crippen LogP contribution in [0.4, 0.5) is 0 Å². The molecule has 1 aliphatic carbocycles. The van der Waals surface area contributed by atoms with E-state index in [2.05, 4.69) is 17.1 Å². The number of allylic oxidation sites excluding steroid dienone is 1. The second kappa shape index (κ2) is 4.79. The number of carboxylic acid groups (broad SMARTS) is 1. The fraction of sp³-hybridized carbons (Fsp3) is 0.750. The van der Waals surface area contributed by atoms with Crippen LogP contribution in [0.2, 0.25) is 0 Å². The summed E-state index contributed by atoms with van der Waals surface area (Å²) in [6, 6.07) is 0. The first-order valence-electron chi connectivity index (χ1n) is 5.89. The van der Waals surface area contributed by atoms with E-state index in [0.717, 1.165) is 13.0 Å². The second-order valence-electron chi connectivity index (χ2n) is 4.63. The Kier molecular flexibility index (Phi) is 3.41. The Hall–Kier alpha value is -0.830. The highest BCUT2D eigenvalue weighted by Crippen LogP contribution is 2.39. The Morgan fingerprint density at radius 3 is 2.67 bits per heavy atom. The quantitative estimate of drug-likeness (QED) is 0.717. The van der Waals surface area contributed by atoms with Crippen LogP contribution in [0.1, 0.15) is 25.7 Å². The lowest BCUT2D eigenvalue weighted by atomic mass is 10.1. The summed E-state index contributed by atoms with van der Waals surface area (Å²) in [5.74, 6) is -0.419. The van der Waals surface area contributed by atoms with Crippen molar-refractivity contribution in [1.82, 2.24) is 4.90 Å². The van der Waals surface area contributed by atoms with Gasteiger partial charge in [0.2, 0.25) is 0 Å². The van der Waals surface area contributed by atoms with Crippen molar-refractivity contribution in [3.05, 3.63) is 12.2 Å². The van der Waals surface area contributed by atoms with Gasteiger partial charge in [-0.2, -0.15) is 0 Å². The highest BCUT2D eigenvalue weighted by atomic mass is 16.4. The number of carbonyl (C=O) groups is 1. The molecule has 1 N–H and O–H groups in total. The molecule has 1 saturated heterocycles. The number of nitrogens with zero attached hydrogens (tertiary/aromatic N) is 1. The largest absolute Gasteiger partial charge is 0.481 e. The van der Waals surface area contributed by atoms with Crippen LogP contribution in [-0.4, -0.2) is 35.6 Å². The molecule has 0 aromatic heterocycles. The van der Waals surface area contributed by atoms with E-state index >= 15 is 0 Å². The van der Waals surface area contributed by atoms with Crippen LogP contribution in [0.3, 0.4) is 0 Å². The first-order valence-corrected chi connectivity index (χ1v) is 5.89. The van der Waals surface area contributed by atoms with Crippen molar-refractivity contribution >= 4 is 5.97 Å². The summed E-state index contributed by atoms with van der Waals surface area (Å²) in [5, 5.41) is 8.73. The molecule has 2 fully saturated rings. The summed E-state index contributed by atoms with van der Waals surface area (Å²) in [4.78, 5) is 13.0. The van der Waals surface area contributed by atoms with E-state index < -0.39 is 5.97 Å². The first-order chi connectivity index (χ1) is 7.27. The number of aliphatic carboxylic acids is 1. The van der Waals surface area contributed by atoms with E-state index in [9.17, 15) is 4.79 Å². The Morgan fingerprint density at radius 1 is 1.33 bits per heavy atom. The second-order valence-corrected chi connectivity index (χ2v) is 4.63. The molecule has 1 heterocycles. The van der Waals surface area contributed by atoms with Gasteiger partial charge in [-0.25, -0.2) is 0 Å². The highest BCUT2D eigenvalue weighted by Gasteiger charge is 2.40. The molecule has 0 radical (unpaired) electrons. The summed E-state index contributed by atoms with van der Waals surface area (Å²) >= 11 is 0. The van der Waals surface area contributed by atoms with Crippen LogP contribution in [0.5, 0.6) is 0 Å². The fourth-order valence-electron chi connectivity index (χ4n) is 2.24. The van der Waals surface area contributed by atoms with Crippen molar-refractivity contribution in [2.24, 2.45) is 11.8 Å². The fourth-order valence-corrected chi connectivity index (χ4v) is 2.24. The molecule has 0 amide bonds. The Morgan fingerprint density at radius 2 is 2.07 bits per heavy atom. The van der Waals surface area contributed by atoms with Gasteiger partial charge in [-0.05, 0) is 38.3 Å². The number of piperidine rings is 1. The van der Waals surface area contributed by atoms with Gasteiger partial charge in [0.15, 0.2) is 0 Å². The van der Waals surface area contributed by atoms with Gasteiger partial charge in [-0.3, -0.25) is 9.69 Å². The summed E-state index contributed by atoms with van der Waals surface area (Å²) in [5.41, 5.74) is 0. The standard InChI is InChI=1S/C12H19NO2/c14-12(15)11-9-10(11)5-4-8-13-6-2-1-3-7-13/h4-5,10-11H,1-3,6-9H2,(H,14,15)/b5-4+/t10-,11+/m0/s1. The van der Waals surface area contributed by atoms with Gasteiger partial charge in [-0.15, -0.1) is 0 Å². The number of rotatable bonds is 4. The first kappa shape index (κ1) is 10.7. The summed E-state index contributed by atoms with van der Waals surface area (Å²) in [6.45, 7) is 3.41. The van der Waals surface area contributed by atoms with E-state index in [1.165, 1.54) is 32.4 Å². The van der Waals surface area contributed by atoms with E-state index in [4.69, 9.17) is 5.11 Å². The van der Waals surface area contributed by atoms with Crippen molar-refractivity contribution in [2.75, 3.05) is 19.6 Å². The zero-order chi connectivity index (χ0) is 10.7. The maximum Gasteiger partial charge on any atom is 0.307 e. The van der Waals surface area contributed by atoms with E-state index in [1.54, 1.807) is 0 Å². The van der Waals surface area contributed by atoms with Crippen LogP contribution < -0.4 is 0 Å². The normalized spacial score (nSPS) is 32.0. The average Bonchev–Trinajstić information content (AvgIpc) is 2.99. The number of carboxylic acids is 1. The number of hydrogen-bond acceptors (Lipinski definition) is 2. The molecular weight excluding hydrogens is 190 g/mol. The lowest BCUT2D eigenvalue weighted by Gasteiger charge is -2.24. The van der Waals surface area contributed by atoms with Gasteiger partial charge in [-0.1, -0.05) is 18.6 Å². The Labute approximate surface area is 90.8 Å². The topological polar surface area (TPSA) is 40.5 Å². The van der Waals surface area contributed by atoms with Gasteiger partial charge >= 0.3 is 5.97 Å². The van der Waals surface area contributed by atoms with Crippen LogP contribution in [-0.2, 0) is 4.79 Å². The smallest absolute Gasteiger partial charge is 0.307 e. The van der Waals surface area contributed by atoms with Crippen molar-refractivity contribution in [1.29, 1.82) is 0 Å².